The van der Waals surface area contributed by atoms with Gasteiger partial charge in [-0.25, -0.2) is 14.3 Å². The third kappa shape index (κ3) is 5.64. The number of halogens is 5. The summed E-state index contributed by atoms with van der Waals surface area (Å²) in [6.07, 6.45) is -0.205. The fourth-order valence-electron chi connectivity index (χ4n) is 2.07. The summed E-state index contributed by atoms with van der Waals surface area (Å²) in [6, 6.07) is 5.88. The van der Waals surface area contributed by atoms with Gasteiger partial charge in [0.1, 0.15) is 0 Å². The summed E-state index contributed by atoms with van der Waals surface area (Å²) < 4.78 is 29.3. The van der Waals surface area contributed by atoms with E-state index in [0.717, 1.165) is 9.64 Å². The second kappa shape index (κ2) is 9.83. The van der Waals surface area contributed by atoms with E-state index in [-0.39, 0.29) is 29.3 Å². The molecule has 1 atom stereocenters. The van der Waals surface area contributed by atoms with E-state index >= 15 is 0 Å². The standard InChI is InChI=1S/C17H15Cl2F2IN2O3/c1-8(4-5-25)27-24-17(26)10-7-12(19)14(20)15(21)16(10)23-13-3-2-9(22)6-11(13)18/h2-3,6-8,23,25H,4-5H2,1H3,(H,24,26). The minimum absolute atomic E-state index is 0.133. The second-order valence-electron chi connectivity index (χ2n) is 5.53. The number of hydrogen-bond donors (Lipinski definition) is 3. The number of hydrogen-bond acceptors (Lipinski definition) is 4. The average Bonchev–Trinajstić information content (AvgIpc) is 2.62. The van der Waals surface area contributed by atoms with Gasteiger partial charge in [-0.3, -0.25) is 9.63 Å². The van der Waals surface area contributed by atoms with Gasteiger partial charge in [-0.1, -0.05) is 23.2 Å². The zero-order chi connectivity index (χ0) is 20.1. The van der Waals surface area contributed by atoms with Crippen LogP contribution in [0.15, 0.2) is 24.3 Å². The normalized spacial score (nSPS) is 12.0. The highest BCUT2D eigenvalue weighted by atomic mass is 127. The topological polar surface area (TPSA) is 70.6 Å². The SMILES string of the molecule is CC(CCO)ONC(=O)c1cc(Cl)c(F)c(F)c1Nc1ccc(I)cc1Cl. The summed E-state index contributed by atoms with van der Waals surface area (Å²) in [5.74, 6) is -3.47. The lowest BCUT2D eigenvalue weighted by molar-refractivity contribution is -0.0168. The molecule has 1 unspecified atom stereocenters. The Bertz CT molecular complexity index is 855. The number of carbonyl (C=O) groups excluding carboxylic acids is 1. The molecule has 27 heavy (non-hydrogen) atoms. The van der Waals surface area contributed by atoms with E-state index < -0.39 is 34.4 Å². The van der Waals surface area contributed by atoms with Gasteiger partial charge in [-0.05, 0) is 60.2 Å². The van der Waals surface area contributed by atoms with Gasteiger partial charge in [0.2, 0.25) is 0 Å². The lowest BCUT2D eigenvalue weighted by atomic mass is 10.1. The van der Waals surface area contributed by atoms with Crippen LogP contribution in [-0.2, 0) is 4.84 Å². The van der Waals surface area contributed by atoms with Crippen LogP contribution in [0.3, 0.4) is 0 Å². The molecule has 0 saturated heterocycles. The van der Waals surface area contributed by atoms with Gasteiger partial charge in [0.05, 0.1) is 33.1 Å². The zero-order valence-electron chi connectivity index (χ0n) is 14.0. The van der Waals surface area contributed by atoms with Crippen molar-refractivity contribution < 1.29 is 23.5 Å². The van der Waals surface area contributed by atoms with E-state index in [1.165, 1.54) is 0 Å². The molecule has 5 nitrogen and oxygen atoms in total. The van der Waals surface area contributed by atoms with E-state index in [1.54, 1.807) is 25.1 Å². The van der Waals surface area contributed by atoms with Crippen molar-refractivity contribution in [2.24, 2.45) is 0 Å². The maximum Gasteiger partial charge on any atom is 0.277 e. The van der Waals surface area contributed by atoms with Crippen LogP contribution >= 0.6 is 45.8 Å². The van der Waals surface area contributed by atoms with Gasteiger partial charge in [0.15, 0.2) is 11.6 Å². The van der Waals surface area contributed by atoms with Gasteiger partial charge in [-0.2, -0.15) is 0 Å². The Balaban J connectivity index is 2.37. The summed E-state index contributed by atoms with van der Waals surface area (Å²) in [6.45, 7) is 1.49. The molecule has 1 amide bonds. The van der Waals surface area contributed by atoms with Gasteiger partial charge in [-0.15, -0.1) is 0 Å². The maximum absolute atomic E-state index is 14.5. The molecule has 3 N–H and O–H groups in total. The molecule has 0 aliphatic rings. The number of aliphatic hydroxyl groups is 1. The van der Waals surface area contributed by atoms with Crippen molar-refractivity contribution in [3.63, 3.8) is 0 Å². The number of hydroxylamine groups is 1. The molecule has 0 radical (unpaired) electrons. The van der Waals surface area contributed by atoms with E-state index in [4.69, 9.17) is 33.1 Å². The molecule has 0 aromatic heterocycles. The van der Waals surface area contributed by atoms with Crippen LogP contribution < -0.4 is 10.8 Å². The zero-order valence-corrected chi connectivity index (χ0v) is 17.6. The summed E-state index contributed by atoms with van der Waals surface area (Å²) in [5.41, 5.74) is 1.71. The largest absolute Gasteiger partial charge is 0.396 e. The van der Waals surface area contributed by atoms with Crippen molar-refractivity contribution in [1.82, 2.24) is 5.48 Å². The first-order valence-electron chi connectivity index (χ1n) is 7.71. The lowest BCUT2D eigenvalue weighted by Gasteiger charge is -2.17. The summed E-state index contributed by atoms with van der Waals surface area (Å²) in [4.78, 5) is 17.5. The fraction of sp³-hybridized carbons (Fsp3) is 0.235. The number of aliphatic hydroxyl groups excluding tert-OH is 1. The highest BCUT2D eigenvalue weighted by molar-refractivity contribution is 14.1. The summed E-state index contributed by atoms with van der Waals surface area (Å²) >= 11 is 13.8. The first-order valence-corrected chi connectivity index (χ1v) is 9.54. The van der Waals surface area contributed by atoms with Crippen molar-refractivity contribution in [3.8, 4) is 0 Å². The quantitative estimate of drug-likeness (QED) is 0.266. The van der Waals surface area contributed by atoms with Gasteiger partial charge >= 0.3 is 0 Å². The fourth-order valence-corrected chi connectivity index (χ4v) is 3.17. The molecular weight excluding hydrogens is 516 g/mol. The van der Waals surface area contributed by atoms with Crippen LogP contribution in [-0.4, -0.2) is 23.7 Å². The summed E-state index contributed by atoms with van der Waals surface area (Å²) in [7, 11) is 0. The molecule has 2 aromatic rings. The van der Waals surface area contributed by atoms with Crippen LogP contribution in [0.25, 0.3) is 0 Å². The van der Waals surface area contributed by atoms with E-state index in [0.29, 0.717) is 0 Å². The Morgan fingerprint density at radius 3 is 2.59 bits per heavy atom. The monoisotopic (exact) mass is 530 g/mol. The van der Waals surface area contributed by atoms with E-state index in [9.17, 15) is 13.6 Å². The van der Waals surface area contributed by atoms with E-state index in [1.807, 2.05) is 22.6 Å². The minimum atomic E-state index is -1.33. The molecule has 0 aliphatic carbocycles. The van der Waals surface area contributed by atoms with E-state index in [2.05, 4.69) is 10.8 Å². The molecule has 10 heteroatoms. The molecule has 0 spiro atoms. The second-order valence-corrected chi connectivity index (χ2v) is 7.59. The molecule has 0 bridgehead atoms. The van der Waals surface area contributed by atoms with Crippen LogP contribution in [0.5, 0.6) is 0 Å². The van der Waals surface area contributed by atoms with Crippen LogP contribution in [0.4, 0.5) is 20.2 Å². The molecule has 0 heterocycles. The highest BCUT2D eigenvalue weighted by Gasteiger charge is 2.23. The van der Waals surface area contributed by atoms with Gasteiger partial charge < -0.3 is 10.4 Å². The van der Waals surface area contributed by atoms with Crippen molar-refractivity contribution in [2.75, 3.05) is 11.9 Å². The Labute approximate surface area is 178 Å². The summed E-state index contributed by atoms with van der Waals surface area (Å²) in [5, 5.41) is 11.2. The molecule has 0 fully saturated rings. The van der Waals surface area contributed by atoms with Gasteiger partial charge in [0.25, 0.3) is 5.91 Å². The van der Waals surface area contributed by atoms with Crippen molar-refractivity contribution in [2.45, 2.75) is 19.4 Å². The Kier molecular flexibility index (Phi) is 8.04. The number of rotatable bonds is 7. The number of benzene rings is 2. The third-order valence-electron chi connectivity index (χ3n) is 3.49. The molecular formula is C17H15Cl2F2IN2O3. The van der Waals surface area contributed by atoms with Gasteiger partial charge in [0, 0.05) is 10.2 Å². The number of amides is 1. The predicted octanol–water partition coefficient (Wildman–Crippen LogP) is 5.05. The highest BCUT2D eigenvalue weighted by Crippen LogP contribution is 2.34. The number of carbonyl (C=O) groups is 1. The molecule has 0 saturated carbocycles. The van der Waals surface area contributed by atoms with Crippen LogP contribution in [0.1, 0.15) is 23.7 Å². The maximum atomic E-state index is 14.5. The molecule has 2 rings (SSSR count). The van der Waals surface area contributed by atoms with Crippen molar-refractivity contribution in [3.05, 3.63) is 55.1 Å². The van der Waals surface area contributed by atoms with Crippen molar-refractivity contribution >= 4 is 63.1 Å². The Hall–Kier alpha value is -1.20. The smallest absolute Gasteiger partial charge is 0.277 e. The van der Waals surface area contributed by atoms with Crippen molar-refractivity contribution in [1.29, 1.82) is 0 Å². The molecule has 146 valence electrons. The van der Waals surface area contributed by atoms with Crippen LogP contribution in [0, 0.1) is 15.2 Å². The molecule has 2 aromatic carbocycles. The number of anilines is 2. The molecule has 0 aliphatic heterocycles. The minimum Gasteiger partial charge on any atom is -0.396 e. The number of nitrogens with one attached hydrogen (secondary N) is 2. The first-order chi connectivity index (χ1) is 12.7. The first kappa shape index (κ1) is 22.1. The Morgan fingerprint density at radius 1 is 1.26 bits per heavy atom. The lowest BCUT2D eigenvalue weighted by Crippen LogP contribution is -2.29. The third-order valence-corrected chi connectivity index (χ3v) is 4.74. The average molecular weight is 531 g/mol. The van der Waals surface area contributed by atoms with Crippen LogP contribution in [0.2, 0.25) is 10.0 Å². The predicted molar refractivity (Wildman–Crippen MR) is 109 cm³/mol. The Morgan fingerprint density at radius 2 is 1.96 bits per heavy atom.